The molecule has 0 aliphatic heterocycles. The lowest BCUT2D eigenvalue weighted by atomic mass is 10.2. The summed E-state index contributed by atoms with van der Waals surface area (Å²) < 4.78 is 2.11. The number of hydrogen-bond donors (Lipinski definition) is 1. The molecule has 2 heterocycles. The Balaban J connectivity index is 1.73. The molecular weight excluding hydrogens is 350 g/mol. The first kappa shape index (κ1) is 14.6. The van der Waals surface area contributed by atoms with Crippen LogP contribution in [-0.4, -0.2) is 15.9 Å². The maximum absolute atomic E-state index is 12.3. The van der Waals surface area contributed by atoms with Gasteiger partial charge in [-0.3, -0.25) is 10.1 Å². The first-order valence-electron chi connectivity index (χ1n) is 6.84. The lowest BCUT2D eigenvalue weighted by Gasteiger charge is -2.02. The second-order valence-electron chi connectivity index (χ2n) is 4.95. The van der Waals surface area contributed by atoms with Crippen molar-refractivity contribution in [1.82, 2.24) is 9.97 Å². The molecule has 4 aromatic rings. The van der Waals surface area contributed by atoms with Crippen molar-refractivity contribution in [3.05, 3.63) is 52.0 Å². The number of nitrogens with one attached hydrogen (secondary N) is 1. The maximum Gasteiger partial charge on any atom is 0.258 e. The number of rotatable bonds is 2. The number of fused-ring (bicyclic) bond motifs is 3. The summed E-state index contributed by atoms with van der Waals surface area (Å²) in [7, 11) is 0. The zero-order valence-corrected chi connectivity index (χ0v) is 14.4. The standard InChI is InChI=1S/C16H10ClN3OS2/c1-8-18-13-12(22-8)7-6-11-14(13)23-16(19-11)20-15(21)9-4-2-3-5-10(9)17/h2-7H,1H3,(H,19,20,21). The van der Waals surface area contributed by atoms with Gasteiger partial charge in [0.25, 0.3) is 5.91 Å². The van der Waals surface area contributed by atoms with Gasteiger partial charge in [0, 0.05) is 0 Å². The van der Waals surface area contributed by atoms with Crippen LogP contribution in [0.1, 0.15) is 15.4 Å². The van der Waals surface area contributed by atoms with Crippen molar-refractivity contribution in [2.75, 3.05) is 5.32 Å². The summed E-state index contributed by atoms with van der Waals surface area (Å²) in [6.45, 7) is 1.98. The van der Waals surface area contributed by atoms with Gasteiger partial charge in [-0.15, -0.1) is 11.3 Å². The van der Waals surface area contributed by atoms with E-state index in [1.807, 2.05) is 19.1 Å². The minimum Gasteiger partial charge on any atom is -0.298 e. The number of aryl methyl sites for hydroxylation is 1. The monoisotopic (exact) mass is 359 g/mol. The third-order valence-corrected chi connectivity index (χ3v) is 5.62. The summed E-state index contributed by atoms with van der Waals surface area (Å²) >= 11 is 9.14. The number of amides is 1. The van der Waals surface area contributed by atoms with Gasteiger partial charge < -0.3 is 0 Å². The molecule has 0 saturated heterocycles. The van der Waals surface area contributed by atoms with Gasteiger partial charge >= 0.3 is 0 Å². The number of carbonyl (C=O) groups is 1. The molecule has 7 heteroatoms. The molecule has 0 radical (unpaired) electrons. The fourth-order valence-corrected chi connectivity index (χ4v) is 4.42. The second kappa shape index (κ2) is 5.56. The Morgan fingerprint density at radius 2 is 1.96 bits per heavy atom. The lowest BCUT2D eigenvalue weighted by Crippen LogP contribution is -2.11. The van der Waals surface area contributed by atoms with Gasteiger partial charge in [-0.2, -0.15) is 0 Å². The van der Waals surface area contributed by atoms with Gasteiger partial charge in [0.1, 0.15) is 5.52 Å². The highest BCUT2D eigenvalue weighted by atomic mass is 35.5. The number of carbonyl (C=O) groups excluding carboxylic acids is 1. The molecule has 0 aliphatic carbocycles. The summed E-state index contributed by atoms with van der Waals surface area (Å²) in [5.41, 5.74) is 2.21. The molecule has 23 heavy (non-hydrogen) atoms. The third kappa shape index (κ3) is 2.59. The predicted molar refractivity (Wildman–Crippen MR) is 96.9 cm³/mol. The third-order valence-electron chi connectivity index (χ3n) is 3.36. The SMILES string of the molecule is Cc1nc2c(ccc3nc(NC(=O)c4ccccc4Cl)sc32)s1. The molecule has 0 fully saturated rings. The van der Waals surface area contributed by atoms with E-state index in [9.17, 15) is 4.79 Å². The first-order valence-corrected chi connectivity index (χ1v) is 8.85. The van der Waals surface area contributed by atoms with Gasteiger partial charge in [0.15, 0.2) is 5.13 Å². The molecule has 1 N–H and O–H groups in total. The van der Waals surface area contributed by atoms with E-state index in [0.717, 1.165) is 25.4 Å². The Bertz CT molecular complexity index is 1050. The van der Waals surface area contributed by atoms with Crippen LogP contribution in [0.5, 0.6) is 0 Å². The van der Waals surface area contributed by atoms with Gasteiger partial charge in [-0.25, -0.2) is 9.97 Å². The summed E-state index contributed by atoms with van der Waals surface area (Å²) in [4.78, 5) is 21.4. The minimum atomic E-state index is -0.264. The zero-order valence-electron chi connectivity index (χ0n) is 12.0. The molecule has 2 aromatic heterocycles. The van der Waals surface area contributed by atoms with E-state index in [0.29, 0.717) is 15.7 Å². The quantitative estimate of drug-likeness (QED) is 0.540. The number of halogens is 1. The van der Waals surface area contributed by atoms with E-state index in [2.05, 4.69) is 15.3 Å². The van der Waals surface area contributed by atoms with Crippen LogP contribution in [0.4, 0.5) is 5.13 Å². The number of anilines is 1. The van der Waals surface area contributed by atoms with Crippen LogP contribution in [0.2, 0.25) is 5.02 Å². The van der Waals surface area contributed by atoms with E-state index < -0.39 is 0 Å². The molecule has 114 valence electrons. The van der Waals surface area contributed by atoms with Crippen molar-refractivity contribution in [3.63, 3.8) is 0 Å². The molecule has 0 saturated carbocycles. The smallest absolute Gasteiger partial charge is 0.258 e. The van der Waals surface area contributed by atoms with Crippen molar-refractivity contribution >= 4 is 65.7 Å². The van der Waals surface area contributed by atoms with E-state index in [-0.39, 0.29) is 5.91 Å². The number of nitrogens with zero attached hydrogens (tertiary/aromatic N) is 2. The number of hydrogen-bond acceptors (Lipinski definition) is 5. The van der Waals surface area contributed by atoms with Crippen LogP contribution in [0.15, 0.2) is 36.4 Å². The van der Waals surface area contributed by atoms with Crippen molar-refractivity contribution in [1.29, 1.82) is 0 Å². The molecule has 0 atom stereocenters. The molecule has 4 nitrogen and oxygen atoms in total. The number of thiazole rings is 2. The molecular formula is C16H10ClN3OS2. The molecule has 2 aromatic carbocycles. The second-order valence-corrected chi connectivity index (χ2v) is 7.59. The highest BCUT2D eigenvalue weighted by Gasteiger charge is 2.14. The van der Waals surface area contributed by atoms with E-state index in [1.54, 1.807) is 35.6 Å². The van der Waals surface area contributed by atoms with Crippen molar-refractivity contribution in [3.8, 4) is 0 Å². The van der Waals surface area contributed by atoms with E-state index >= 15 is 0 Å². The van der Waals surface area contributed by atoms with Gasteiger partial charge in [0.2, 0.25) is 0 Å². The van der Waals surface area contributed by atoms with Gasteiger partial charge in [0.05, 0.1) is 30.5 Å². The molecule has 0 bridgehead atoms. The lowest BCUT2D eigenvalue weighted by molar-refractivity contribution is 0.102. The summed E-state index contributed by atoms with van der Waals surface area (Å²) in [6, 6.07) is 10.9. The molecule has 0 unspecified atom stereocenters. The van der Waals surface area contributed by atoms with Crippen LogP contribution in [-0.2, 0) is 0 Å². The highest BCUT2D eigenvalue weighted by Crippen LogP contribution is 2.34. The van der Waals surface area contributed by atoms with Crippen molar-refractivity contribution < 1.29 is 4.79 Å². The average molecular weight is 360 g/mol. The largest absolute Gasteiger partial charge is 0.298 e. The predicted octanol–water partition coefficient (Wildman–Crippen LogP) is 5.12. The zero-order chi connectivity index (χ0) is 16.0. The van der Waals surface area contributed by atoms with E-state index in [4.69, 9.17) is 11.6 Å². The Kier molecular flexibility index (Phi) is 3.52. The van der Waals surface area contributed by atoms with Crippen molar-refractivity contribution in [2.45, 2.75) is 6.92 Å². The highest BCUT2D eigenvalue weighted by molar-refractivity contribution is 7.24. The van der Waals surface area contributed by atoms with E-state index in [1.165, 1.54) is 11.3 Å². The van der Waals surface area contributed by atoms with Crippen LogP contribution in [0.25, 0.3) is 20.4 Å². The van der Waals surface area contributed by atoms with Gasteiger partial charge in [-0.05, 0) is 31.2 Å². The van der Waals surface area contributed by atoms with Gasteiger partial charge in [-0.1, -0.05) is 35.1 Å². The van der Waals surface area contributed by atoms with Crippen molar-refractivity contribution in [2.24, 2.45) is 0 Å². The Labute approximate surface area is 144 Å². The fraction of sp³-hybridized carbons (Fsp3) is 0.0625. The summed E-state index contributed by atoms with van der Waals surface area (Å²) in [5.74, 6) is -0.264. The van der Waals surface area contributed by atoms with Crippen LogP contribution in [0, 0.1) is 6.92 Å². The van der Waals surface area contributed by atoms with Crippen LogP contribution < -0.4 is 5.32 Å². The average Bonchev–Trinajstić information content (AvgIpc) is 3.09. The Hall–Kier alpha value is -2.02. The summed E-state index contributed by atoms with van der Waals surface area (Å²) in [6.07, 6.45) is 0. The first-order chi connectivity index (χ1) is 11.1. The van der Waals surface area contributed by atoms with Crippen LogP contribution >= 0.6 is 34.3 Å². The summed E-state index contributed by atoms with van der Waals surface area (Å²) in [5, 5.41) is 4.80. The number of benzene rings is 2. The number of aromatic nitrogens is 2. The Morgan fingerprint density at radius 1 is 1.13 bits per heavy atom. The topological polar surface area (TPSA) is 54.9 Å². The molecule has 0 spiro atoms. The molecule has 1 amide bonds. The normalized spacial score (nSPS) is 11.2. The van der Waals surface area contributed by atoms with Crippen LogP contribution in [0.3, 0.4) is 0 Å². The molecule has 0 aliphatic rings. The maximum atomic E-state index is 12.3. The molecule has 4 rings (SSSR count). The minimum absolute atomic E-state index is 0.264. The fourth-order valence-electron chi connectivity index (χ4n) is 2.35. The Morgan fingerprint density at radius 3 is 2.78 bits per heavy atom.